The molecule has 1 aliphatic heterocycles. The third-order valence-electron chi connectivity index (χ3n) is 7.34. The minimum atomic E-state index is -1.26. The van der Waals surface area contributed by atoms with Gasteiger partial charge in [-0.25, -0.2) is 4.79 Å². The van der Waals surface area contributed by atoms with E-state index in [-0.39, 0.29) is 17.2 Å². The Hall–Kier alpha value is -2.10. The summed E-state index contributed by atoms with van der Waals surface area (Å²) in [6.45, 7) is 3.01. The number of amides is 1. The second-order valence-electron chi connectivity index (χ2n) is 9.87. The predicted molar refractivity (Wildman–Crippen MR) is 126 cm³/mol. The summed E-state index contributed by atoms with van der Waals surface area (Å²) in [6.07, 6.45) is 9.36. The van der Waals surface area contributed by atoms with Gasteiger partial charge in [-0.2, -0.15) is 0 Å². The lowest BCUT2D eigenvalue weighted by Gasteiger charge is -2.29. The van der Waals surface area contributed by atoms with Crippen LogP contribution in [-0.2, 0) is 11.2 Å². The lowest BCUT2D eigenvalue weighted by molar-refractivity contribution is -0.122. The lowest BCUT2D eigenvalue weighted by atomic mass is 9.72. The number of rotatable bonds is 10. The fourth-order valence-electron chi connectivity index (χ4n) is 5.59. The van der Waals surface area contributed by atoms with Crippen LogP contribution in [-0.4, -0.2) is 60.7 Å². The van der Waals surface area contributed by atoms with E-state index < -0.39 is 19.0 Å². The molecule has 180 valence electrons. The first kappa shape index (κ1) is 24.0. The first-order valence-corrected chi connectivity index (χ1v) is 12.4. The molecule has 4 rings (SSSR count). The summed E-state index contributed by atoms with van der Waals surface area (Å²) in [7, 11) is -1.26. The van der Waals surface area contributed by atoms with Gasteiger partial charge in [0.2, 0.25) is 5.91 Å². The number of carboxylic acid groups (broad SMARTS) is 1. The Balaban J connectivity index is 1.16. The van der Waals surface area contributed by atoms with Crippen molar-refractivity contribution >= 4 is 19.0 Å². The number of carbonyl (C=O) groups is 2. The van der Waals surface area contributed by atoms with Crippen molar-refractivity contribution in [1.82, 2.24) is 16.0 Å². The number of carbonyl (C=O) groups excluding carboxylic acids is 1. The minimum Gasteiger partial charge on any atom is -0.534 e. The van der Waals surface area contributed by atoms with Gasteiger partial charge in [0.25, 0.3) is 0 Å². The zero-order chi connectivity index (χ0) is 23.2. The maximum absolute atomic E-state index is 12.6. The fraction of sp³-hybridized carbons (Fsp3) is 0.667. The van der Waals surface area contributed by atoms with E-state index in [4.69, 9.17) is 4.65 Å². The molecule has 33 heavy (non-hydrogen) atoms. The van der Waals surface area contributed by atoms with Crippen LogP contribution in [0.3, 0.4) is 0 Å². The predicted octanol–water partition coefficient (Wildman–Crippen LogP) is 1.75. The standard InChI is InChI=1S/C24H36BN3O5/c29-22(28-21-14-18-4-3-7-20(24(30)31)23(18)33-25(21)32)13-16-8-9-17(12-16)15-26-10-11-27-19-5-1-2-6-19/h3-4,7,16-17,19,21,26-27,32H,1-2,5-6,8-15H2,(H,28,29)(H,30,31)/t16?,17?,21-/m0/s1. The fourth-order valence-corrected chi connectivity index (χ4v) is 5.59. The normalized spacial score (nSPS) is 25.0. The topological polar surface area (TPSA) is 120 Å². The van der Waals surface area contributed by atoms with Gasteiger partial charge in [-0.3, -0.25) is 4.79 Å². The van der Waals surface area contributed by atoms with Crippen molar-refractivity contribution in [3.05, 3.63) is 29.3 Å². The van der Waals surface area contributed by atoms with E-state index in [1.807, 2.05) is 0 Å². The summed E-state index contributed by atoms with van der Waals surface area (Å²) in [4.78, 5) is 24.0. The summed E-state index contributed by atoms with van der Waals surface area (Å²) in [6, 6.07) is 5.58. The first-order chi connectivity index (χ1) is 16.0. The van der Waals surface area contributed by atoms with Crippen molar-refractivity contribution in [2.24, 2.45) is 11.8 Å². The molecular formula is C24H36BN3O5. The third kappa shape index (κ3) is 6.49. The van der Waals surface area contributed by atoms with Crippen LogP contribution in [0.1, 0.15) is 67.3 Å². The van der Waals surface area contributed by atoms with Gasteiger partial charge in [-0.15, -0.1) is 0 Å². The van der Waals surface area contributed by atoms with Gasteiger partial charge in [0.05, 0.1) is 11.5 Å². The Bertz CT molecular complexity index is 832. The van der Waals surface area contributed by atoms with Crippen molar-refractivity contribution in [2.75, 3.05) is 19.6 Å². The van der Waals surface area contributed by atoms with Crippen LogP contribution in [0.15, 0.2) is 18.2 Å². The van der Waals surface area contributed by atoms with E-state index >= 15 is 0 Å². The number of hydrogen-bond donors (Lipinski definition) is 5. The van der Waals surface area contributed by atoms with E-state index in [1.165, 1.54) is 31.7 Å². The van der Waals surface area contributed by atoms with Crippen LogP contribution < -0.4 is 20.6 Å². The zero-order valence-electron chi connectivity index (χ0n) is 19.2. The van der Waals surface area contributed by atoms with Gasteiger partial charge in [-0.1, -0.05) is 25.0 Å². The molecule has 0 aromatic heterocycles. The maximum atomic E-state index is 12.6. The van der Waals surface area contributed by atoms with Gasteiger partial charge >= 0.3 is 13.1 Å². The number of nitrogens with one attached hydrogen (secondary N) is 3. The van der Waals surface area contributed by atoms with Gasteiger partial charge in [0.15, 0.2) is 0 Å². The lowest BCUT2D eigenvalue weighted by Crippen LogP contribution is -2.53. The second kappa shape index (κ2) is 11.4. The summed E-state index contributed by atoms with van der Waals surface area (Å²) < 4.78 is 5.47. The van der Waals surface area contributed by atoms with Gasteiger partial charge < -0.3 is 30.7 Å². The van der Waals surface area contributed by atoms with Gasteiger partial charge in [0.1, 0.15) is 5.75 Å². The molecule has 2 fully saturated rings. The number of carboxylic acids is 1. The molecule has 2 unspecified atom stereocenters. The average Bonchev–Trinajstić information content (AvgIpc) is 3.46. The van der Waals surface area contributed by atoms with E-state index in [0.29, 0.717) is 36.3 Å². The smallest absolute Gasteiger partial charge is 0.534 e. The molecule has 3 atom stereocenters. The molecule has 1 amide bonds. The van der Waals surface area contributed by atoms with E-state index in [1.54, 1.807) is 12.1 Å². The number of aromatic carboxylic acids is 1. The van der Waals surface area contributed by atoms with E-state index in [2.05, 4.69) is 16.0 Å². The van der Waals surface area contributed by atoms with Crippen LogP contribution in [0.5, 0.6) is 5.75 Å². The van der Waals surface area contributed by atoms with Crippen molar-refractivity contribution in [3.63, 3.8) is 0 Å². The molecular weight excluding hydrogens is 421 g/mol. The Labute approximate surface area is 196 Å². The summed E-state index contributed by atoms with van der Waals surface area (Å²) in [5.74, 6) is -0.607. The molecule has 9 heteroatoms. The molecule has 0 bridgehead atoms. The van der Waals surface area contributed by atoms with Crippen LogP contribution in [0.4, 0.5) is 0 Å². The highest BCUT2D eigenvalue weighted by molar-refractivity contribution is 6.47. The maximum Gasteiger partial charge on any atom is 0.547 e. The minimum absolute atomic E-state index is 0.0243. The van der Waals surface area contributed by atoms with Crippen LogP contribution in [0, 0.1) is 11.8 Å². The van der Waals surface area contributed by atoms with Crippen molar-refractivity contribution in [1.29, 1.82) is 0 Å². The van der Waals surface area contributed by atoms with Crippen LogP contribution in [0.2, 0.25) is 0 Å². The monoisotopic (exact) mass is 457 g/mol. The second-order valence-corrected chi connectivity index (χ2v) is 9.87. The Kier molecular flexibility index (Phi) is 8.27. The number of para-hydroxylation sites is 1. The van der Waals surface area contributed by atoms with Gasteiger partial charge in [-0.05, 0) is 68.5 Å². The Morgan fingerprint density at radius 1 is 1.09 bits per heavy atom. The molecule has 1 heterocycles. The molecule has 3 aliphatic rings. The average molecular weight is 457 g/mol. The van der Waals surface area contributed by atoms with Crippen molar-refractivity contribution in [2.45, 2.75) is 69.8 Å². The highest BCUT2D eigenvalue weighted by atomic mass is 16.5. The first-order valence-electron chi connectivity index (χ1n) is 12.4. The Morgan fingerprint density at radius 2 is 1.88 bits per heavy atom. The van der Waals surface area contributed by atoms with Gasteiger partial charge in [0, 0.05) is 25.6 Å². The highest BCUT2D eigenvalue weighted by Gasteiger charge is 2.38. The quantitative estimate of drug-likeness (QED) is 0.268. The SMILES string of the molecule is O=C(CC1CCC(CNCCNC2CCCC2)C1)N[C@H]1Cc2cccc(C(=O)O)c2OB1O. The summed E-state index contributed by atoms with van der Waals surface area (Å²) in [5.41, 5.74) is 0.705. The zero-order valence-corrected chi connectivity index (χ0v) is 19.2. The third-order valence-corrected chi connectivity index (χ3v) is 7.34. The summed E-state index contributed by atoms with van der Waals surface area (Å²) in [5, 5.41) is 29.7. The number of benzene rings is 1. The molecule has 0 radical (unpaired) electrons. The molecule has 0 saturated heterocycles. The summed E-state index contributed by atoms with van der Waals surface area (Å²) >= 11 is 0. The van der Waals surface area contributed by atoms with Crippen molar-refractivity contribution in [3.8, 4) is 5.75 Å². The highest BCUT2D eigenvalue weighted by Crippen LogP contribution is 2.33. The molecule has 1 aromatic rings. The number of fused-ring (bicyclic) bond motifs is 1. The molecule has 5 N–H and O–H groups in total. The number of hydrogen-bond acceptors (Lipinski definition) is 6. The molecule has 2 saturated carbocycles. The van der Waals surface area contributed by atoms with E-state index in [9.17, 15) is 19.7 Å². The molecule has 1 aromatic carbocycles. The van der Waals surface area contributed by atoms with Crippen molar-refractivity contribution < 1.29 is 24.4 Å². The van der Waals surface area contributed by atoms with Crippen LogP contribution in [0.25, 0.3) is 0 Å². The molecule has 8 nitrogen and oxygen atoms in total. The van der Waals surface area contributed by atoms with E-state index in [0.717, 1.165) is 38.9 Å². The van der Waals surface area contributed by atoms with Crippen LogP contribution >= 0.6 is 0 Å². The Morgan fingerprint density at radius 3 is 2.67 bits per heavy atom. The molecule has 0 spiro atoms. The largest absolute Gasteiger partial charge is 0.547 e. The molecule has 2 aliphatic carbocycles.